The molecule has 1 aliphatic rings. The Morgan fingerprint density at radius 2 is 1.92 bits per heavy atom. The Morgan fingerprint density at radius 1 is 1.10 bits per heavy atom. The summed E-state index contributed by atoms with van der Waals surface area (Å²) in [5, 5.41) is 7.23. The van der Waals surface area contributed by atoms with Gasteiger partial charge in [0.1, 0.15) is 12.4 Å². The minimum Gasteiger partial charge on any atom is -0.375 e. The van der Waals surface area contributed by atoms with Crippen LogP contribution < -0.4 is 15.5 Å². The van der Waals surface area contributed by atoms with Gasteiger partial charge >= 0.3 is 0 Å². The number of nitrogens with one attached hydrogen (secondary N) is 2. The van der Waals surface area contributed by atoms with E-state index >= 15 is 0 Å². The van der Waals surface area contributed by atoms with Crippen molar-refractivity contribution in [2.75, 3.05) is 23.9 Å². The van der Waals surface area contributed by atoms with E-state index in [0.29, 0.717) is 15.8 Å². The minimum atomic E-state index is -0.282. The lowest BCUT2D eigenvalue weighted by Crippen LogP contribution is -2.29. The van der Waals surface area contributed by atoms with Gasteiger partial charge in [0, 0.05) is 36.6 Å². The molecular formula is C29H29ClN6O2S. The summed E-state index contributed by atoms with van der Waals surface area (Å²) in [5.41, 5.74) is 6.52. The van der Waals surface area contributed by atoms with E-state index in [1.165, 1.54) is 7.11 Å². The molecule has 10 heteroatoms. The molecule has 0 spiro atoms. The molecule has 8 nitrogen and oxygen atoms in total. The number of carbonyl (C=O) groups excluding carboxylic acids is 1. The zero-order valence-corrected chi connectivity index (χ0v) is 23.7. The second-order valence-corrected chi connectivity index (χ2v) is 10.3. The number of aromatic nitrogens is 3. The third-order valence-corrected chi connectivity index (χ3v) is 7.42. The SMILES string of the molecule is COCC(=O)Nc1ccc(N2C(=S)N[C@@H](c3ccccn3)[C@H]2c2cc(C)n(-c3cc(C)ccn3)c2C)cc1Cl. The molecular weight excluding hydrogens is 532 g/mol. The standard InChI is InChI=1S/C29H29ClN6O2S/c1-17-10-12-32-25(13-17)35-18(2)14-21(19(35)3)28-27(24-7-5-6-11-31-24)34-29(39)36(28)20-8-9-23(22(30)15-20)33-26(37)16-38-4/h5-15,27-28H,16H2,1-4H3,(H,33,37)(H,34,39)/t27-,28+/m0/s1. The minimum absolute atomic E-state index is 0.0581. The molecule has 200 valence electrons. The van der Waals surface area contributed by atoms with Gasteiger partial charge in [0.2, 0.25) is 5.91 Å². The van der Waals surface area contributed by atoms with E-state index in [1.54, 1.807) is 12.3 Å². The summed E-state index contributed by atoms with van der Waals surface area (Å²) < 4.78 is 7.08. The Morgan fingerprint density at radius 3 is 2.62 bits per heavy atom. The highest BCUT2D eigenvalue weighted by Crippen LogP contribution is 2.44. The van der Waals surface area contributed by atoms with Crippen LogP contribution in [0.1, 0.15) is 40.3 Å². The number of ether oxygens (including phenoxy) is 1. The first-order valence-electron chi connectivity index (χ1n) is 12.5. The number of nitrogens with zero attached hydrogens (tertiary/aromatic N) is 4. The van der Waals surface area contributed by atoms with Crippen molar-refractivity contribution in [3.63, 3.8) is 0 Å². The molecule has 1 fully saturated rings. The van der Waals surface area contributed by atoms with Crippen LogP contribution in [0.2, 0.25) is 5.02 Å². The van der Waals surface area contributed by atoms with E-state index in [1.807, 2.05) is 42.6 Å². The molecule has 0 bridgehead atoms. The van der Waals surface area contributed by atoms with Crippen LogP contribution in [0, 0.1) is 20.8 Å². The van der Waals surface area contributed by atoms with Crippen LogP contribution in [0.5, 0.6) is 0 Å². The van der Waals surface area contributed by atoms with Crippen molar-refractivity contribution in [2.45, 2.75) is 32.9 Å². The maximum atomic E-state index is 12.1. The van der Waals surface area contributed by atoms with Crippen molar-refractivity contribution in [1.82, 2.24) is 19.9 Å². The number of hydrogen-bond acceptors (Lipinski definition) is 5. The molecule has 5 rings (SSSR count). The Hall–Kier alpha value is -3.79. The summed E-state index contributed by atoms with van der Waals surface area (Å²) in [4.78, 5) is 23.4. The van der Waals surface area contributed by atoms with E-state index in [9.17, 15) is 4.79 Å². The first kappa shape index (κ1) is 26.8. The summed E-state index contributed by atoms with van der Waals surface area (Å²) in [6.45, 7) is 6.18. The third kappa shape index (κ3) is 5.25. The molecule has 1 saturated heterocycles. The topological polar surface area (TPSA) is 84.3 Å². The van der Waals surface area contributed by atoms with Crippen molar-refractivity contribution in [3.8, 4) is 5.82 Å². The molecule has 1 aliphatic heterocycles. The molecule has 4 aromatic rings. The first-order valence-corrected chi connectivity index (χ1v) is 13.3. The maximum absolute atomic E-state index is 12.1. The fraction of sp³-hybridized carbons (Fsp3) is 0.241. The fourth-order valence-corrected chi connectivity index (χ4v) is 5.67. The monoisotopic (exact) mass is 560 g/mol. The Kier molecular flexibility index (Phi) is 7.65. The van der Waals surface area contributed by atoms with E-state index in [-0.39, 0.29) is 24.6 Å². The highest BCUT2D eigenvalue weighted by molar-refractivity contribution is 7.80. The van der Waals surface area contributed by atoms with Crippen molar-refractivity contribution in [3.05, 3.63) is 100 Å². The number of pyridine rings is 2. The molecule has 2 N–H and O–H groups in total. The number of halogens is 1. The number of methoxy groups -OCH3 is 1. The van der Waals surface area contributed by atoms with Crippen LogP contribution >= 0.6 is 23.8 Å². The summed E-state index contributed by atoms with van der Waals surface area (Å²) in [7, 11) is 1.47. The largest absolute Gasteiger partial charge is 0.375 e. The van der Waals surface area contributed by atoms with Gasteiger partial charge in [-0.2, -0.15) is 0 Å². The number of anilines is 2. The second kappa shape index (κ2) is 11.1. The van der Waals surface area contributed by atoms with Gasteiger partial charge in [-0.1, -0.05) is 17.7 Å². The lowest BCUT2D eigenvalue weighted by Gasteiger charge is -2.28. The quantitative estimate of drug-likeness (QED) is 0.284. The predicted octanol–water partition coefficient (Wildman–Crippen LogP) is 5.61. The molecule has 0 aliphatic carbocycles. The molecule has 1 aromatic carbocycles. The summed E-state index contributed by atoms with van der Waals surface area (Å²) >= 11 is 12.5. The molecule has 1 amide bonds. The average molecular weight is 561 g/mol. The number of carbonyl (C=O) groups is 1. The van der Waals surface area contributed by atoms with Crippen LogP contribution in [0.3, 0.4) is 0 Å². The number of thiocarbonyl (C=S) groups is 1. The zero-order chi connectivity index (χ0) is 27.7. The van der Waals surface area contributed by atoms with Crippen molar-refractivity contribution < 1.29 is 9.53 Å². The zero-order valence-electron chi connectivity index (χ0n) is 22.1. The predicted molar refractivity (Wildman–Crippen MR) is 158 cm³/mol. The normalized spacial score (nSPS) is 16.8. The molecule has 3 aromatic heterocycles. The van der Waals surface area contributed by atoms with Crippen LogP contribution in [-0.2, 0) is 9.53 Å². The van der Waals surface area contributed by atoms with Gasteiger partial charge in [-0.05, 0) is 92.6 Å². The Labute approximate surface area is 238 Å². The van der Waals surface area contributed by atoms with Crippen LogP contribution in [0.4, 0.5) is 11.4 Å². The van der Waals surface area contributed by atoms with E-state index in [0.717, 1.165) is 39.7 Å². The summed E-state index contributed by atoms with van der Waals surface area (Å²) in [5.74, 6) is 0.584. The summed E-state index contributed by atoms with van der Waals surface area (Å²) in [6, 6.07) is 17.2. The van der Waals surface area contributed by atoms with Gasteiger partial charge in [-0.3, -0.25) is 9.78 Å². The van der Waals surface area contributed by atoms with Crippen LogP contribution in [0.15, 0.2) is 67.0 Å². The molecule has 0 unspecified atom stereocenters. The van der Waals surface area contributed by atoms with E-state index < -0.39 is 0 Å². The van der Waals surface area contributed by atoms with E-state index in [4.69, 9.17) is 28.6 Å². The van der Waals surface area contributed by atoms with Gasteiger partial charge < -0.3 is 24.8 Å². The van der Waals surface area contributed by atoms with Crippen molar-refractivity contribution in [2.24, 2.45) is 0 Å². The molecule has 39 heavy (non-hydrogen) atoms. The van der Waals surface area contributed by atoms with Crippen molar-refractivity contribution >= 4 is 46.2 Å². The van der Waals surface area contributed by atoms with Gasteiger partial charge in [-0.25, -0.2) is 4.98 Å². The van der Waals surface area contributed by atoms with E-state index in [2.05, 4.69) is 63.0 Å². The molecule has 0 saturated carbocycles. The third-order valence-electron chi connectivity index (χ3n) is 6.80. The maximum Gasteiger partial charge on any atom is 0.250 e. The number of hydrogen-bond donors (Lipinski definition) is 2. The van der Waals surface area contributed by atoms with Crippen LogP contribution in [-0.4, -0.2) is 39.3 Å². The van der Waals surface area contributed by atoms with Gasteiger partial charge in [0.05, 0.1) is 28.5 Å². The Bertz CT molecular complexity index is 1540. The number of aryl methyl sites for hydroxylation is 2. The number of benzene rings is 1. The highest BCUT2D eigenvalue weighted by Gasteiger charge is 2.42. The summed E-state index contributed by atoms with van der Waals surface area (Å²) in [6.07, 6.45) is 3.61. The fourth-order valence-electron chi connectivity index (χ4n) is 5.10. The lowest BCUT2D eigenvalue weighted by molar-refractivity contribution is -0.119. The lowest BCUT2D eigenvalue weighted by atomic mass is 9.96. The van der Waals surface area contributed by atoms with Gasteiger partial charge in [0.25, 0.3) is 0 Å². The first-order chi connectivity index (χ1) is 18.8. The molecule has 2 atom stereocenters. The number of amides is 1. The highest BCUT2D eigenvalue weighted by atomic mass is 35.5. The van der Waals surface area contributed by atoms with Gasteiger partial charge in [-0.15, -0.1) is 0 Å². The average Bonchev–Trinajstić information content (AvgIpc) is 3.40. The van der Waals surface area contributed by atoms with Crippen LogP contribution in [0.25, 0.3) is 5.82 Å². The molecule has 0 radical (unpaired) electrons. The van der Waals surface area contributed by atoms with Gasteiger partial charge in [0.15, 0.2) is 5.11 Å². The molecule has 4 heterocycles. The smallest absolute Gasteiger partial charge is 0.250 e. The van der Waals surface area contributed by atoms with Crippen molar-refractivity contribution in [1.29, 1.82) is 0 Å². The Balaban J connectivity index is 1.61. The number of rotatable bonds is 7. The second-order valence-electron chi connectivity index (χ2n) is 9.50.